The Morgan fingerprint density at radius 2 is 1.65 bits per heavy atom. The van der Waals surface area contributed by atoms with Crippen LogP contribution in [0.5, 0.6) is 0 Å². The van der Waals surface area contributed by atoms with E-state index in [4.69, 9.17) is 0 Å². The average Bonchev–Trinajstić information content (AvgIpc) is 2.69. The molecule has 0 spiro atoms. The summed E-state index contributed by atoms with van der Waals surface area (Å²) in [6.07, 6.45) is 5.19. The lowest BCUT2D eigenvalue weighted by molar-refractivity contribution is -0.112. The van der Waals surface area contributed by atoms with Crippen LogP contribution in [0.25, 0.3) is 0 Å². The molecule has 1 heterocycles. The van der Waals surface area contributed by atoms with Gasteiger partial charge in [-0.1, -0.05) is 35.9 Å². The minimum atomic E-state index is -1.52. The number of hydrogen-bond acceptors (Lipinski definition) is 3. The number of anilines is 1. The van der Waals surface area contributed by atoms with Crippen molar-refractivity contribution in [1.82, 2.24) is 4.90 Å². The highest BCUT2D eigenvalue weighted by Crippen LogP contribution is 2.19. The average molecular weight is 369 g/mol. The van der Waals surface area contributed by atoms with Gasteiger partial charge in [0.1, 0.15) is 4.91 Å². The van der Waals surface area contributed by atoms with E-state index in [9.17, 15) is 9.00 Å². The summed E-state index contributed by atoms with van der Waals surface area (Å²) >= 11 is 0. The molecule has 1 saturated heterocycles. The molecular weight excluding hydrogens is 344 g/mol. The number of nitrogens with zero attached hydrogens (tertiary/aromatic N) is 1. The van der Waals surface area contributed by atoms with E-state index in [1.54, 1.807) is 18.3 Å². The van der Waals surface area contributed by atoms with E-state index in [0.717, 1.165) is 31.5 Å². The maximum absolute atomic E-state index is 13.1. The fourth-order valence-electron chi connectivity index (χ4n) is 2.90. The van der Waals surface area contributed by atoms with Gasteiger partial charge >= 0.3 is 0 Å². The molecule has 1 amide bonds. The van der Waals surface area contributed by atoms with Crippen molar-refractivity contribution in [1.29, 1.82) is 0 Å². The molecule has 1 aliphatic heterocycles. The van der Waals surface area contributed by atoms with Crippen molar-refractivity contribution in [2.45, 2.75) is 31.1 Å². The molecular formula is C21H24N2O2S. The topological polar surface area (TPSA) is 49.4 Å². The Hall–Kier alpha value is -2.40. The molecule has 26 heavy (non-hydrogen) atoms. The largest absolute Gasteiger partial charge is 0.376 e. The van der Waals surface area contributed by atoms with E-state index >= 15 is 0 Å². The lowest BCUT2D eigenvalue weighted by atomic mass is 10.1. The molecule has 5 heteroatoms. The maximum atomic E-state index is 13.1. The molecule has 3 rings (SSSR count). The minimum Gasteiger partial charge on any atom is -0.376 e. The van der Waals surface area contributed by atoms with E-state index in [-0.39, 0.29) is 5.91 Å². The Morgan fingerprint density at radius 3 is 2.31 bits per heavy atom. The van der Waals surface area contributed by atoms with E-state index in [1.807, 2.05) is 49.4 Å². The summed E-state index contributed by atoms with van der Waals surface area (Å²) in [5.41, 5.74) is 1.83. The predicted octanol–water partition coefficient (Wildman–Crippen LogP) is 4.07. The first-order valence-corrected chi connectivity index (χ1v) is 10.1. The molecule has 0 radical (unpaired) electrons. The van der Waals surface area contributed by atoms with Gasteiger partial charge < -0.3 is 10.2 Å². The summed E-state index contributed by atoms with van der Waals surface area (Å²) in [7, 11) is -1.52. The van der Waals surface area contributed by atoms with E-state index in [0.29, 0.717) is 15.5 Å². The normalized spacial score (nSPS) is 16.2. The number of likely N-dealkylation sites (tertiary alicyclic amines) is 1. The lowest BCUT2D eigenvalue weighted by Crippen LogP contribution is -2.27. The predicted molar refractivity (Wildman–Crippen MR) is 106 cm³/mol. The quantitative estimate of drug-likeness (QED) is 0.810. The fraction of sp³-hybridized carbons (Fsp3) is 0.286. The molecule has 0 bridgehead atoms. The number of piperidine rings is 1. The van der Waals surface area contributed by atoms with Crippen LogP contribution in [0.3, 0.4) is 0 Å². The Kier molecular flexibility index (Phi) is 6.23. The zero-order valence-corrected chi connectivity index (χ0v) is 15.8. The molecule has 1 atom stereocenters. The van der Waals surface area contributed by atoms with Crippen LogP contribution in [-0.2, 0) is 15.6 Å². The monoisotopic (exact) mass is 368 g/mol. The number of nitrogens with one attached hydrogen (secondary N) is 1. The summed E-state index contributed by atoms with van der Waals surface area (Å²) in [6, 6.07) is 16.7. The number of carbonyl (C=O) groups is 1. The standard InChI is InChI=1S/C21H24N2O2S/c1-17-10-12-18(13-11-17)22-21(24)20(16-23-14-6-3-7-15-23)26(25)19-8-4-2-5-9-19/h2,4-5,8-13,16H,3,6-7,14-15H2,1H3,(H,22,24)/b20-16+. The SMILES string of the molecule is Cc1ccc(NC(=O)/C(=C\N2CCCCC2)S(=O)c2ccccc2)cc1. The molecule has 0 aliphatic carbocycles. The number of hydrogen-bond donors (Lipinski definition) is 1. The zero-order chi connectivity index (χ0) is 18.4. The summed E-state index contributed by atoms with van der Waals surface area (Å²) in [5.74, 6) is -0.318. The zero-order valence-electron chi connectivity index (χ0n) is 15.0. The first kappa shape index (κ1) is 18.4. The molecule has 1 fully saturated rings. The Morgan fingerprint density at radius 1 is 1.00 bits per heavy atom. The highest BCUT2D eigenvalue weighted by Gasteiger charge is 2.21. The van der Waals surface area contributed by atoms with Crippen LogP contribution in [0.4, 0.5) is 5.69 Å². The van der Waals surface area contributed by atoms with Crippen LogP contribution in [0.15, 0.2) is 70.6 Å². The van der Waals surface area contributed by atoms with Gasteiger partial charge in [0.05, 0.1) is 10.8 Å². The molecule has 1 N–H and O–H groups in total. The number of rotatable bonds is 5. The Bertz CT molecular complexity index is 795. The molecule has 1 aliphatic rings. The van der Waals surface area contributed by atoms with Gasteiger partial charge in [-0.15, -0.1) is 0 Å². The second-order valence-corrected chi connectivity index (χ2v) is 7.94. The maximum Gasteiger partial charge on any atom is 0.266 e. The smallest absolute Gasteiger partial charge is 0.266 e. The fourth-order valence-corrected chi connectivity index (χ4v) is 4.03. The number of carbonyl (C=O) groups excluding carboxylic acids is 1. The molecule has 0 aromatic heterocycles. The van der Waals surface area contributed by atoms with Crippen molar-refractivity contribution < 1.29 is 9.00 Å². The van der Waals surface area contributed by atoms with Crippen molar-refractivity contribution in [2.24, 2.45) is 0 Å². The summed E-state index contributed by atoms with van der Waals surface area (Å²) in [4.78, 5) is 15.9. The highest BCUT2D eigenvalue weighted by atomic mass is 32.2. The lowest BCUT2D eigenvalue weighted by Gasteiger charge is -2.26. The van der Waals surface area contributed by atoms with Gasteiger partial charge in [-0.2, -0.15) is 0 Å². The molecule has 1 unspecified atom stereocenters. The van der Waals surface area contributed by atoms with Gasteiger partial charge in [-0.05, 0) is 50.5 Å². The van der Waals surface area contributed by atoms with Crippen molar-refractivity contribution >= 4 is 22.4 Å². The third kappa shape index (κ3) is 4.82. The van der Waals surface area contributed by atoms with Crippen molar-refractivity contribution in [3.8, 4) is 0 Å². The van der Waals surface area contributed by atoms with Crippen molar-refractivity contribution in [2.75, 3.05) is 18.4 Å². The van der Waals surface area contributed by atoms with E-state index < -0.39 is 10.8 Å². The molecule has 0 saturated carbocycles. The third-order valence-electron chi connectivity index (χ3n) is 4.38. The highest BCUT2D eigenvalue weighted by molar-refractivity contribution is 7.90. The van der Waals surface area contributed by atoms with Crippen LogP contribution in [-0.4, -0.2) is 28.1 Å². The van der Waals surface area contributed by atoms with Crippen LogP contribution in [0, 0.1) is 6.92 Å². The van der Waals surface area contributed by atoms with Gasteiger partial charge in [0, 0.05) is 29.9 Å². The summed E-state index contributed by atoms with van der Waals surface area (Å²) < 4.78 is 13.1. The second-order valence-electron chi connectivity index (χ2n) is 6.49. The first-order valence-electron chi connectivity index (χ1n) is 8.94. The van der Waals surface area contributed by atoms with Crippen LogP contribution in [0.2, 0.25) is 0 Å². The van der Waals surface area contributed by atoms with Gasteiger partial charge in [0.15, 0.2) is 0 Å². The van der Waals surface area contributed by atoms with Crippen LogP contribution < -0.4 is 5.32 Å². The summed E-state index contributed by atoms with van der Waals surface area (Å²) in [5, 5.41) is 2.88. The minimum absolute atomic E-state index is 0.290. The summed E-state index contributed by atoms with van der Waals surface area (Å²) in [6.45, 7) is 3.79. The molecule has 2 aromatic carbocycles. The number of benzene rings is 2. The van der Waals surface area contributed by atoms with Crippen LogP contribution in [0.1, 0.15) is 24.8 Å². The van der Waals surface area contributed by atoms with Gasteiger partial charge in [-0.25, -0.2) is 4.21 Å². The first-order chi connectivity index (χ1) is 12.6. The molecule has 2 aromatic rings. The van der Waals surface area contributed by atoms with E-state index in [1.165, 1.54) is 6.42 Å². The van der Waals surface area contributed by atoms with Gasteiger partial charge in [0.25, 0.3) is 5.91 Å². The molecule has 4 nitrogen and oxygen atoms in total. The second kappa shape index (κ2) is 8.81. The van der Waals surface area contributed by atoms with E-state index in [2.05, 4.69) is 10.2 Å². The molecule has 136 valence electrons. The van der Waals surface area contributed by atoms with Gasteiger partial charge in [-0.3, -0.25) is 4.79 Å². The Balaban J connectivity index is 1.86. The number of amides is 1. The third-order valence-corrected chi connectivity index (χ3v) is 5.77. The number of aryl methyl sites for hydroxylation is 1. The van der Waals surface area contributed by atoms with Crippen molar-refractivity contribution in [3.63, 3.8) is 0 Å². The Labute approximate surface area is 157 Å². The van der Waals surface area contributed by atoms with Crippen LogP contribution >= 0.6 is 0 Å². The van der Waals surface area contributed by atoms with Crippen molar-refractivity contribution in [3.05, 3.63) is 71.3 Å². The van der Waals surface area contributed by atoms with Gasteiger partial charge in [0.2, 0.25) is 0 Å².